The van der Waals surface area contributed by atoms with Gasteiger partial charge in [-0.2, -0.15) is 15.0 Å². The van der Waals surface area contributed by atoms with Crippen molar-refractivity contribution in [2.45, 2.75) is 39.2 Å². The van der Waals surface area contributed by atoms with Gasteiger partial charge in [0.2, 0.25) is 11.9 Å². The molecule has 5 nitrogen and oxygen atoms in total. The quantitative estimate of drug-likeness (QED) is 0.856. The number of nitrogens with one attached hydrogen (secondary N) is 1. The third-order valence-electron chi connectivity index (χ3n) is 2.96. The maximum Gasteiger partial charge on any atom is 0.227 e. The molecule has 2 aromatic rings. The van der Waals surface area contributed by atoms with Crippen LogP contribution in [0.15, 0.2) is 12.1 Å². The second-order valence-electron chi connectivity index (χ2n) is 4.56. The number of nitrogens with zero attached hydrogens (tertiary/aromatic N) is 3. The molecular formula is C13H18ClN5S. The molecule has 20 heavy (non-hydrogen) atoms. The van der Waals surface area contributed by atoms with Gasteiger partial charge in [0.15, 0.2) is 0 Å². The second kappa shape index (κ2) is 6.85. The summed E-state index contributed by atoms with van der Waals surface area (Å²) >= 11 is 7.56. The first-order valence-corrected chi connectivity index (χ1v) is 7.75. The molecule has 1 unspecified atom stereocenters. The molecule has 0 saturated heterocycles. The van der Waals surface area contributed by atoms with E-state index in [9.17, 15) is 0 Å². The van der Waals surface area contributed by atoms with Crippen molar-refractivity contribution < 1.29 is 0 Å². The fourth-order valence-corrected chi connectivity index (χ4v) is 3.03. The number of hydrogen-bond acceptors (Lipinski definition) is 6. The van der Waals surface area contributed by atoms with E-state index in [0.29, 0.717) is 17.8 Å². The van der Waals surface area contributed by atoms with Gasteiger partial charge in [0.25, 0.3) is 0 Å². The highest BCUT2D eigenvalue weighted by Gasteiger charge is 2.10. The Balaban J connectivity index is 1.94. The molecule has 0 bridgehead atoms. The Morgan fingerprint density at radius 3 is 2.75 bits per heavy atom. The minimum atomic E-state index is 0.250. The monoisotopic (exact) mass is 311 g/mol. The predicted molar refractivity (Wildman–Crippen MR) is 84.3 cm³/mol. The summed E-state index contributed by atoms with van der Waals surface area (Å²) in [5.74, 6) is 1.42. The Morgan fingerprint density at radius 2 is 2.15 bits per heavy atom. The van der Waals surface area contributed by atoms with Crippen molar-refractivity contribution in [2.24, 2.45) is 0 Å². The molecule has 0 aromatic carbocycles. The fourth-order valence-electron chi connectivity index (χ4n) is 1.93. The Morgan fingerprint density at radius 1 is 1.35 bits per heavy atom. The van der Waals surface area contributed by atoms with Crippen molar-refractivity contribution in [2.75, 3.05) is 11.1 Å². The molecule has 0 aliphatic carbocycles. The van der Waals surface area contributed by atoms with Crippen molar-refractivity contribution in [3.8, 4) is 0 Å². The van der Waals surface area contributed by atoms with E-state index >= 15 is 0 Å². The summed E-state index contributed by atoms with van der Waals surface area (Å²) in [6.45, 7) is 3.94. The molecule has 2 heterocycles. The molecule has 2 aromatic heterocycles. The normalized spacial score (nSPS) is 12.3. The topological polar surface area (TPSA) is 76.7 Å². The van der Waals surface area contributed by atoms with E-state index in [0.717, 1.165) is 23.6 Å². The number of halogens is 1. The SMILES string of the molecule is CCC(CCc1ccc(Cl)s1)Nc1nc(C)nc(N)n1. The molecule has 0 amide bonds. The number of rotatable bonds is 6. The molecule has 3 N–H and O–H groups in total. The predicted octanol–water partition coefficient (Wildman–Crippen LogP) is 3.30. The van der Waals surface area contributed by atoms with E-state index in [2.05, 4.69) is 33.3 Å². The zero-order valence-electron chi connectivity index (χ0n) is 11.6. The molecule has 108 valence electrons. The van der Waals surface area contributed by atoms with Crippen LogP contribution in [0.4, 0.5) is 11.9 Å². The lowest BCUT2D eigenvalue weighted by atomic mass is 10.1. The molecule has 1 atom stereocenters. The smallest absolute Gasteiger partial charge is 0.227 e. The van der Waals surface area contributed by atoms with Crippen LogP contribution in [0, 0.1) is 6.92 Å². The molecule has 0 radical (unpaired) electrons. The molecular weight excluding hydrogens is 294 g/mol. The third kappa shape index (κ3) is 4.31. The van der Waals surface area contributed by atoms with Gasteiger partial charge in [-0.15, -0.1) is 11.3 Å². The number of nitrogen functional groups attached to an aromatic ring is 1. The van der Waals surface area contributed by atoms with Crippen molar-refractivity contribution in [1.82, 2.24) is 15.0 Å². The first kappa shape index (κ1) is 15.0. The molecule has 0 fully saturated rings. The first-order chi connectivity index (χ1) is 9.56. The van der Waals surface area contributed by atoms with Crippen molar-refractivity contribution in [3.05, 3.63) is 27.2 Å². The number of aryl methyl sites for hydroxylation is 2. The van der Waals surface area contributed by atoms with Crippen LogP contribution in [0.1, 0.15) is 30.5 Å². The van der Waals surface area contributed by atoms with E-state index in [1.165, 1.54) is 4.88 Å². The Kier molecular flexibility index (Phi) is 5.14. The average Bonchev–Trinajstić information content (AvgIpc) is 2.79. The van der Waals surface area contributed by atoms with Gasteiger partial charge in [0.1, 0.15) is 5.82 Å². The van der Waals surface area contributed by atoms with Gasteiger partial charge < -0.3 is 11.1 Å². The van der Waals surface area contributed by atoms with Crippen molar-refractivity contribution in [3.63, 3.8) is 0 Å². The van der Waals surface area contributed by atoms with Crippen molar-refractivity contribution >= 4 is 34.8 Å². The first-order valence-electron chi connectivity index (χ1n) is 6.55. The summed E-state index contributed by atoms with van der Waals surface area (Å²) in [6, 6.07) is 4.31. The molecule has 0 spiro atoms. The molecule has 7 heteroatoms. The van der Waals surface area contributed by atoms with Crippen LogP contribution < -0.4 is 11.1 Å². The number of thiophene rings is 1. The molecule has 0 saturated carbocycles. The van der Waals surface area contributed by atoms with E-state index in [1.807, 2.05) is 6.07 Å². The van der Waals surface area contributed by atoms with E-state index < -0.39 is 0 Å². The molecule has 0 aliphatic heterocycles. The Hall–Kier alpha value is -1.40. The van der Waals surface area contributed by atoms with Gasteiger partial charge in [0, 0.05) is 10.9 Å². The zero-order valence-corrected chi connectivity index (χ0v) is 13.1. The van der Waals surface area contributed by atoms with Crippen LogP contribution in [0.25, 0.3) is 0 Å². The van der Waals surface area contributed by atoms with E-state index in [-0.39, 0.29) is 5.95 Å². The third-order valence-corrected chi connectivity index (χ3v) is 4.25. The lowest BCUT2D eigenvalue weighted by Crippen LogP contribution is -2.21. The fraction of sp³-hybridized carbons (Fsp3) is 0.462. The van der Waals surface area contributed by atoms with Gasteiger partial charge in [-0.25, -0.2) is 0 Å². The van der Waals surface area contributed by atoms with Crippen LogP contribution in [-0.4, -0.2) is 21.0 Å². The van der Waals surface area contributed by atoms with Gasteiger partial charge in [-0.1, -0.05) is 18.5 Å². The van der Waals surface area contributed by atoms with E-state index in [1.54, 1.807) is 18.3 Å². The Bertz CT molecular complexity index is 551. The lowest BCUT2D eigenvalue weighted by molar-refractivity contribution is 0.630. The number of nitrogens with two attached hydrogens (primary N) is 1. The second-order valence-corrected chi connectivity index (χ2v) is 6.36. The van der Waals surface area contributed by atoms with Crippen LogP contribution in [0.3, 0.4) is 0 Å². The summed E-state index contributed by atoms with van der Waals surface area (Å²) < 4.78 is 0.835. The van der Waals surface area contributed by atoms with Gasteiger partial charge in [0.05, 0.1) is 4.34 Å². The molecule has 2 rings (SSSR count). The minimum Gasteiger partial charge on any atom is -0.368 e. The summed E-state index contributed by atoms with van der Waals surface area (Å²) in [5, 5.41) is 3.32. The summed E-state index contributed by atoms with van der Waals surface area (Å²) in [7, 11) is 0. The van der Waals surface area contributed by atoms with Crippen LogP contribution in [0.5, 0.6) is 0 Å². The zero-order chi connectivity index (χ0) is 14.5. The summed E-state index contributed by atoms with van der Waals surface area (Å²) in [5.41, 5.74) is 5.63. The minimum absolute atomic E-state index is 0.250. The number of hydrogen-bond donors (Lipinski definition) is 2. The standard InChI is InChI=1S/C13H18ClN5S/c1-3-9(4-5-10-6-7-11(14)20-10)18-13-17-8(2)16-12(15)19-13/h6-7,9H,3-5H2,1-2H3,(H3,15,16,17,18,19). The van der Waals surface area contributed by atoms with E-state index in [4.69, 9.17) is 17.3 Å². The maximum absolute atomic E-state index is 5.94. The number of aromatic nitrogens is 3. The van der Waals surface area contributed by atoms with Crippen molar-refractivity contribution in [1.29, 1.82) is 0 Å². The molecule has 0 aliphatic rings. The van der Waals surface area contributed by atoms with Crippen LogP contribution >= 0.6 is 22.9 Å². The van der Waals surface area contributed by atoms with Gasteiger partial charge in [-0.3, -0.25) is 0 Å². The summed E-state index contributed by atoms with van der Waals surface area (Å²) in [4.78, 5) is 13.6. The average molecular weight is 312 g/mol. The van der Waals surface area contributed by atoms with Crippen LogP contribution in [0.2, 0.25) is 4.34 Å². The van der Waals surface area contributed by atoms with Gasteiger partial charge in [-0.05, 0) is 38.3 Å². The van der Waals surface area contributed by atoms with Crippen LogP contribution in [-0.2, 0) is 6.42 Å². The summed E-state index contributed by atoms with van der Waals surface area (Å²) in [6.07, 6.45) is 2.98. The highest BCUT2D eigenvalue weighted by atomic mass is 35.5. The highest BCUT2D eigenvalue weighted by molar-refractivity contribution is 7.16. The Labute approximate surface area is 127 Å². The highest BCUT2D eigenvalue weighted by Crippen LogP contribution is 2.23. The maximum atomic E-state index is 5.94. The lowest BCUT2D eigenvalue weighted by Gasteiger charge is -2.16. The van der Waals surface area contributed by atoms with Gasteiger partial charge >= 0.3 is 0 Å². The largest absolute Gasteiger partial charge is 0.368 e. The number of anilines is 2.